The minimum absolute atomic E-state index is 0.139. The van der Waals surface area contributed by atoms with E-state index >= 15 is 0 Å². The summed E-state index contributed by atoms with van der Waals surface area (Å²) in [7, 11) is -2.00. The number of hydrogen-bond donors (Lipinski definition) is 0. The zero-order chi connectivity index (χ0) is 20.4. The van der Waals surface area contributed by atoms with E-state index in [2.05, 4.69) is 68.4 Å². The first-order valence-corrected chi connectivity index (χ1v) is 13.8. The molecule has 0 aromatic rings. The highest BCUT2D eigenvalue weighted by Gasteiger charge is 2.64. The Labute approximate surface area is 179 Å². The monoisotopic (exact) mass is 467 g/mol. The Hall–Kier alpha value is -0.433. The molecule has 0 amide bonds. The van der Waals surface area contributed by atoms with Gasteiger partial charge in [0.1, 0.15) is 0 Å². The lowest BCUT2D eigenvalue weighted by Crippen LogP contribution is -2.72. The van der Waals surface area contributed by atoms with Gasteiger partial charge in [0.2, 0.25) is 8.32 Å². The Morgan fingerprint density at radius 2 is 1.86 bits per heavy atom. The molecule has 1 aliphatic carbocycles. The van der Waals surface area contributed by atoms with Crippen LogP contribution in [0.15, 0.2) is 22.2 Å². The quantitative estimate of drug-likeness (QED) is 0.406. The second kappa shape index (κ2) is 7.07. The van der Waals surface area contributed by atoms with E-state index in [-0.39, 0.29) is 18.1 Å². The van der Waals surface area contributed by atoms with Crippen molar-refractivity contribution in [2.45, 2.75) is 101 Å². The summed E-state index contributed by atoms with van der Waals surface area (Å²) in [6, 6.07) is 0.479. The molecule has 0 aromatic carbocycles. The smallest absolute Gasteiger partial charge is 0.331 e. The van der Waals surface area contributed by atoms with Crippen molar-refractivity contribution in [1.82, 2.24) is 4.90 Å². The SMILES string of the molecule is CC(C)[Si](OC1CC23OC(=O)C=C2CC1N1CCC(Br)=C[C@H]13)(C(C)C)C(C)C. The Balaban J connectivity index is 1.73. The first kappa shape index (κ1) is 20.8. The number of ether oxygens (including phenoxy) is 1. The van der Waals surface area contributed by atoms with E-state index in [0.29, 0.717) is 22.7 Å². The van der Waals surface area contributed by atoms with Crippen LogP contribution in [0.2, 0.25) is 16.6 Å². The number of piperidine rings is 2. The first-order valence-electron chi connectivity index (χ1n) is 10.9. The van der Waals surface area contributed by atoms with Crippen LogP contribution in [0.25, 0.3) is 0 Å². The molecule has 3 unspecified atom stereocenters. The van der Waals surface area contributed by atoms with Crippen LogP contribution in [0, 0.1) is 0 Å². The van der Waals surface area contributed by atoms with Gasteiger partial charge in [0.05, 0.1) is 12.1 Å². The van der Waals surface area contributed by atoms with Gasteiger partial charge >= 0.3 is 5.97 Å². The molecule has 6 heteroatoms. The maximum Gasteiger partial charge on any atom is 0.331 e. The molecule has 4 heterocycles. The van der Waals surface area contributed by atoms with Gasteiger partial charge in [-0.05, 0) is 39.5 Å². The number of nitrogens with zero attached hydrogens (tertiary/aromatic N) is 1. The average Bonchev–Trinajstić information content (AvgIpc) is 2.94. The summed E-state index contributed by atoms with van der Waals surface area (Å²) in [6.45, 7) is 15.1. The molecule has 0 N–H and O–H groups in total. The predicted molar refractivity (Wildman–Crippen MR) is 118 cm³/mol. The lowest BCUT2D eigenvalue weighted by Gasteiger charge is -2.61. The molecule has 4 nitrogen and oxygen atoms in total. The van der Waals surface area contributed by atoms with Crippen molar-refractivity contribution in [2.24, 2.45) is 0 Å². The van der Waals surface area contributed by atoms with E-state index in [1.54, 1.807) is 6.08 Å². The van der Waals surface area contributed by atoms with Crippen LogP contribution >= 0.6 is 15.9 Å². The number of halogens is 1. The molecule has 156 valence electrons. The molecule has 28 heavy (non-hydrogen) atoms. The van der Waals surface area contributed by atoms with Gasteiger partial charge in [0.25, 0.3) is 0 Å². The van der Waals surface area contributed by atoms with Crippen molar-refractivity contribution >= 4 is 30.2 Å². The summed E-state index contributed by atoms with van der Waals surface area (Å²) in [5, 5.41) is 0. The van der Waals surface area contributed by atoms with Gasteiger partial charge in [-0.1, -0.05) is 63.5 Å². The summed E-state index contributed by atoms with van der Waals surface area (Å²) < 4.78 is 14.6. The Kier molecular flexibility index (Phi) is 5.26. The highest BCUT2D eigenvalue weighted by Crippen LogP contribution is 2.55. The first-order chi connectivity index (χ1) is 13.1. The largest absolute Gasteiger partial charge is 0.449 e. The molecule has 5 aliphatic rings. The fourth-order valence-electron chi connectivity index (χ4n) is 6.73. The van der Waals surface area contributed by atoms with Crippen LogP contribution in [0.5, 0.6) is 0 Å². The van der Waals surface area contributed by atoms with Gasteiger partial charge in [-0.25, -0.2) is 4.79 Å². The van der Waals surface area contributed by atoms with E-state index in [9.17, 15) is 4.79 Å². The van der Waals surface area contributed by atoms with Crippen LogP contribution in [0.3, 0.4) is 0 Å². The molecule has 4 aliphatic heterocycles. The molecule has 3 fully saturated rings. The van der Waals surface area contributed by atoms with E-state index in [1.807, 2.05) is 0 Å². The molecule has 2 saturated heterocycles. The van der Waals surface area contributed by atoms with Crippen LogP contribution in [0.1, 0.15) is 60.8 Å². The van der Waals surface area contributed by atoms with Crippen molar-refractivity contribution < 1.29 is 14.0 Å². The minimum atomic E-state index is -2.00. The van der Waals surface area contributed by atoms with Gasteiger partial charge in [0, 0.05) is 25.1 Å². The number of esters is 1. The number of fused-ring (bicyclic) bond motifs is 1. The van der Waals surface area contributed by atoms with E-state index < -0.39 is 13.9 Å². The van der Waals surface area contributed by atoms with Gasteiger partial charge < -0.3 is 9.16 Å². The zero-order valence-electron chi connectivity index (χ0n) is 18.0. The second-order valence-electron chi connectivity index (χ2n) is 9.98. The molecule has 2 bridgehead atoms. The Morgan fingerprint density at radius 3 is 2.46 bits per heavy atom. The lowest BCUT2D eigenvalue weighted by molar-refractivity contribution is -0.175. The summed E-state index contributed by atoms with van der Waals surface area (Å²) in [6.07, 6.45) is 6.89. The second-order valence-corrected chi connectivity index (χ2v) is 16.4. The molecular weight excluding hydrogens is 434 g/mol. The van der Waals surface area contributed by atoms with Crippen LogP contribution in [-0.4, -0.2) is 49.5 Å². The van der Waals surface area contributed by atoms with Crippen molar-refractivity contribution in [2.75, 3.05) is 6.54 Å². The Bertz CT molecular complexity index is 710. The molecule has 1 saturated carbocycles. The Morgan fingerprint density at radius 1 is 1.21 bits per heavy atom. The maximum atomic E-state index is 12.3. The third-order valence-electron chi connectivity index (χ3n) is 7.75. The summed E-state index contributed by atoms with van der Waals surface area (Å²) in [5.74, 6) is -0.175. The number of rotatable bonds is 5. The highest BCUT2D eigenvalue weighted by atomic mass is 79.9. The number of hydrogen-bond acceptors (Lipinski definition) is 4. The van der Waals surface area contributed by atoms with Gasteiger partial charge in [-0.2, -0.15) is 0 Å². The fraction of sp³-hybridized carbons (Fsp3) is 0.773. The number of carbonyl (C=O) groups excluding carboxylic acids is 1. The molecule has 5 rings (SSSR count). The van der Waals surface area contributed by atoms with Crippen molar-refractivity contribution in [1.29, 1.82) is 0 Å². The lowest BCUT2D eigenvalue weighted by atomic mass is 9.66. The van der Waals surface area contributed by atoms with E-state index in [4.69, 9.17) is 9.16 Å². The van der Waals surface area contributed by atoms with Crippen LogP contribution in [0.4, 0.5) is 0 Å². The third-order valence-corrected chi connectivity index (χ3v) is 14.5. The zero-order valence-corrected chi connectivity index (χ0v) is 20.6. The van der Waals surface area contributed by atoms with E-state index in [1.165, 1.54) is 10.1 Å². The normalized spacial score (nSPS) is 35.2. The molecule has 4 atom stereocenters. The summed E-state index contributed by atoms with van der Waals surface area (Å²) >= 11 is 3.70. The van der Waals surface area contributed by atoms with Crippen LogP contribution in [-0.2, 0) is 14.0 Å². The molecule has 0 radical (unpaired) electrons. The standard InChI is InChI=1S/C22H34BrNO3Si/c1-13(2)28(14(3)4,15(5)6)27-19-12-22-16(10-21(25)26-22)9-18(19)24-8-7-17(23)11-20(22)24/h10-11,13-15,18-20H,7-9,12H2,1-6H3/t18?,19?,20-,22?/m0/s1. The van der Waals surface area contributed by atoms with Crippen molar-refractivity contribution in [3.63, 3.8) is 0 Å². The fourth-order valence-corrected chi connectivity index (χ4v) is 12.7. The van der Waals surface area contributed by atoms with E-state index in [0.717, 1.165) is 25.8 Å². The average molecular weight is 469 g/mol. The van der Waals surface area contributed by atoms with Gasteiger partial charge in [0.15, 0.2) is 5.60 Å². The molecule has 0 aromatic heterocycles. The topological polar surface area (TPSA) is 38.8 Å². The summed E-state index contributed by atoms with van der Waals surface area (Å²) in [5.41, 5.74) is 2.32. The summed E-state index contributed by atoms with van der Waals surface area (Å²) in [4.78, 5) is 14.8. The number of carbonyl (C=O) groups is 1. The maximum absolute atomic E-state index is 12.3. The third kappa shape index (κ3) is 2.85. The van der Waals surface area contributed by atoms with Gasteiger partial charge in [-0.15, -0.1) is 0 Å². The van der Waals surface area contributed by atoms with Gasteiger partial charge in [-0.3, -0.25) is 4.90 Å². The highest BCUT2D eigenvalue weighted by molar-refractivity contribution is 9.11. The van der Waals surface area contributed by atoms with Crippen LogP contribution < -0.4 is 0 Å². The molecule has 1 spiro atoms. The minimum Gasteiger partial charge on any atom is -0.449 e. The van der Waals surface area contributed by atoms with Crippen molar-refractivity contribution in [3.05, 3.63) is 22.2 Å². The molecular formula is C22H34BrNO3Si. The van der Waals surface area contributed by atoms with Crippen molar-refractivity contribution in [3.8, 4) is 0 Å². The predicted octanol–water partition coefficient (Wildman–Crippen LogP) is 5.30.